The molecule has 0 N–H and O–H groups in total. The van der Waals surface area contributed by atoms with E-state index in [9.17, 15) is 0 Å². The van der Waals surface area contributed by atoms with E-state index in [1.807, 2.05) is 11.8 Å². The summed E-state index contributed by atoms with van der Waals surface area (Å²) in [7, 11) is 0. The fourth-order valence-electron chi connectivity index (χ4n) is 1.97. The maximum absolute atomic E-state index is 2.30. The number of hydrogen-bond acceptors (Lipinski definition) is 1. The molecule has 2 aromatic rings. The Kier molecular flexibility index (Phi) is 3.90. The zero-order chi connectivity index (χ0) is 12.3. The van der Waals surface area contributed by atoms with Crippen molar-refractivity contribution in [3.05, 3.63) is 64.7 Å². The zero-order valence-electron chi connectivity index (χ0n) is 10.7. The monoisotopic (exact) mass is 242 g/mol. The van der Waals surface area contributed by atoms with Gasteiger partial charge in [-0.3, -0.25) is 0 Å². The lowest BCUT2D eigenvalue weighted by molar-refractivity contribution is 1.11. The molecule has 88 valence electrons. The molecule has 2 rings (SSSR count). The quantitative estimate of drug-likeness (QED) is 0.708. The van der Waals surface area contributed by atoms with Crippen LogP contribution in [0, 0.1) is 13.8 Å². The largest absolute Gasteiger partial charge is 0.129 e. The average Bonchev–Trinajstić information content (AvgIpc) is 2.32. The second kappa shape index (κ2) is 5.42. The number of benzene rings is 2. The molecule has 0 saturated carbocycles. The maximum Gasteiger partial charge on any atom is 0.0105 e. The van der Waals surface area contributed by atoms with Crippen molar-refractivity contribution in [2.24, 2.45) is 0 Å². The van der Waals surface area contributed by atoms with Gasteiger partial charge < -0.3 is 0 Å². The summed E-state index contributed by atoms with van der Waals surface area (Å²) in [6, 6.07) is 15.5. The van der Waals surface area contributed by atoms with Crippen LogP contribution in [0.4, 0.5) is 0 Å². The van der Waals surface area contributed by atoms with Crippen molar-refractivity contribution >= 4 is 11.8 Å². The highest BCUT2D eigenvalue weighted by molar-refractivity contribution is 7.98. The molecule has 0 radical (unpaired) electrons. The first-order valence-corrected chi connectivity index (χ1v) is 7.10. The summed E-state index contributed by atoms with van der Waals surface area (Å²) in [4.78, 5) is 1.39. The molecular formula is C16H18S. The van der Waals surface area contributed by atoms with Gasteiger partial charge in [-0.25, -0.2) is 0 Å². The third-order valence-electron chi connectivity index (χ3n) is 2.95. The molecule has 0 atom stereocenters. The molecule has 0 aliphatic rings. The Labute approximate surface area is 108 Å². The van der Waals surface area contributed by atoms with Crippen LogP contribution in [-0.2, 0) is 6.42 Å². The van der Waals surface area contributed by atoms with Crippen LogP contribution in [0.3, 0.4) is 0 Å². The summed E-state index contributed by atoms with van der Waals surface area (Å²) >= 11 is 1.83. The first-order chi connectivity index (χ1) is 8.19. The Bertz CT molecular complexity index is 497. The Hall–Kier alpha value is -1.21. The van der Waals surface area contributed by atoms with Crippen molar-refractivity contribution in [1.29, 1.82) is 0 Å². The summed E-state index contributed by atoms with van der Waals surface area (Å²) in [6.07, 6.45) is 3.17. The Morgan fingerprint density at radius 1 is 0.882 bits per heavy atom. The van der Waals surface area contributed by atoms with E-state index in [4.69, 9.17) is 0 Å². The molecule has 0 aliphatic carbocycles. The molecule has 0 spiro atoms. The molecule has 0 unspecified atom stereocenters. The maximum atomic E-state index is 2.30. The molecule has 0 aromatic heterocycles. The minimum Gasteiger partial charge on any atom is -0.129 e. The molecule has 2 aromatic carbocycles. The lowest BCUT2D eigenvalue weighted by atomic mass is 10.0. The van der Waals surface area contributed by atoms with Crippen molar-refractivity contribution in [2.75, 3.05) is 6.26 Å². The normalized spacial score (nSPS) is 10.5. The number of thioether (sulfide) groups is 1. The molecule has 0 fully saturated rings. The SMILES string of the molecule is CSc1ccc(C)cc1Cc1ccc(C)cc1. The first kappa shape index (κ1) is 12.3. The second-order valence-electron chi connectivity index (χ2n) is 4.48. The van der Waals surface area contributed by atoms with Gasteiger partial charge in [-0.15, -0.1) is 11.8 Å². The Morgan fingerprint density at radius 3 is 2.18 bits per heavy atom. The van der Waals surface area contributed by atoms with Crippen LogP contribution in [0.5, 0.6) is 0 Å². The van der Waals surface area contributed by atoms with Crippen LogP contribution < -0.4 is 0 Å². The Morgan fingerprint density at radius 2 is 1.53 bits per heavy atom. The van der Waals surface area contributed by atoms with Gasteiger partial charge in [-0.05, 0) is 43.7 Å². The molecule has 0 amide bonds. The van der Waals surface area contributed by atoms with Crippen molar-refractivity contribution in [3.8, 4) is 0 Å². The number of rotatable bonds is 3. The summed E-state index contributed by atoms with van der Waals surface area (Å²) in [5, 5.41) is 0. The van der Waals surface area contributed by atoms with E-state index in [0.29, 0.717) is 0 Å². The van der Waals surface area contributed by atoms with Crippen LogP contribution in [0.1, 0.15) is 22.3 Å². The van der Waals surface area contributed by atoms with Crippen LogP contribution in [0.25, 0.3) is 0 Å². The van der Waals surface area contributed by atoms with E-state index in [0.717, 1.165) is 6.42 Å². The van der Waals surface area contributed by atoms with Crippen molar-refractivity contribution < 1.29 is 0 Å². The van der Waals surface area contributed by atoms with Gasteiger partial charge in [0.05, 0.1) is 0 Å². The molecule has 17 heavy (non-hydrogen) atoms. The predicted molar refractivity (Wildman–Crippen MR) is 76.9 cm³/mol. The van der Waals surface area contributed by atoms with Crippen LogP contribution in [0.15, 0.2) is 47.4 Å². The van der Waals surface area contributed by atoms with Crippen molar-refractivity contribution in [2.45, 2.75) is 25.2 Å². The number of aryl methyl sites for hydroxylation is 2. The Balaban J connectivity index is 2.28. The summed E-state index contributed by atoms with van der Waals surface area (Å²) < 4.78 is 0. The van der Waals surface area contributed by atoms with Gasteiger partial charge in [0.25, 0.3) is 0 Å². The van der Waals surface area contributed by atoms with Gasteiger partial charge in [-0.1, -0.05) is 47.5 Å². The molecule has 0 saturated heterocycles. The number of hydrogen-bond donors (Lipinski definition) is 0. The van der Waals surface area contributed by atoms with E-state index in [-0.39, 0.29) is 0 Å². The third kappa shape index (κ3) is 3.13. The summed E-state index contributed by atoms with van der Waals surface area (Å²) in [5.74, 6) is 0. The van der Waals surface area contributed by atoms with E-state index < -0.39 is 0 Å². The highest BCUT2D eigenvalue weighted by Crippen LogP contribution is 2.24. The minimum absolute atomic E-state index is 1.03. The zero-order valence-corrected chi connectivity index (χ0v) is 11.5. The van der Waals surface area contributed by atoms with Crippen molar-refractivity contribution in [3.63, 3.8) is 0 Å². The topological polar surface area (TPSA) is 0 Å². The van der Waals surface area contributed by atoms with Gasteiger partial charge in [0.1, 0.15) is 0 Å². The van der Waals surface area contributed by atoms with Crippen molar-refractivity contribution in [1.82, 2.24) is 0 Å². The highest BCUT2D eigenvalue weighted by atomic mass is 32.2. The lowest BCUT2D eigenvalue weighted by Gasteiger charge is -2.09. The van der Waals surface area contributed by atoms with E-state index >= 15 is 0 Å². The summed E-state index contributed by atoms with van der Waals surface area (Å²) in [6.45, 7) is 4.28. The van der Waals surface area contributed by atoms with Gasteiger partial charge in [0, 0.05) is 4.90 Å². The highest BCUT2D eigenvalue weighted by Gasteiger charge is 2.03. The summed E-state index contributed by atoms with van der Waals surface area (Å²) in [5.41, 5.74) is 5.48. The van der Waals surface area contributed by atoms with Crippen LogP contribution in [-0.4, -0.2) is 6.26 Å². The fraction of sp³-hybridized carbons (Fsp3) is 0.250. The molecule has 1 heteroatoms. The fourth-order valence-corrected chi connectivity index (χ4v) is 2.57. The minimum atomic E-state index is 1.03. The molecule has 0 aliphatic heterocycles. The van der Waals surface area contributed by atoms with Crippen LogP contribution in [0.2, 0.25) is 0 Å². The van der Waals surface area contributed by atoms with Gasteiger partial charge in [-0.2, -0.15) is 0 Å². The standard InChI is InChI=1S/C16H18S/c1-12-4-7-14(8-5-12)11-15-10-13(2)6-9-16(15)17-3/h4-10H,11H2,1-3H3. The molecule has 0 heterocycles. The lowest BCUT2D eigenvalue weighted by Crippen LogP contribution is -1.92. The molecule has 0 bridgehead atoms. The average molecular weight is 242 g/mol. The first-order valence-electron chi connectivity index (χ1n) is 5.88. The van der Waals surface area contributed by atoms with E-state index in [2.05, 4.69) is 62.6 Å². The predicted octanol–water partition coefficient (Wildman–Crippen LogP) is 4.62. The molecule has 0 nitrogen and oxygen atoms in total. The molecular weight excluding hydrogens is 224 g/mol. The van der Waals surface area contributed by atoms with Gasteiger partial charge >= 0.3 is 0 Å². The van der Waals surface area contributed by atoms with Gasteiger partial charge in [0.15, 0.2) is 0 Å². The van der Waals surface area contributed by atoms with E-state index in [1.54, 1.807) is 0 Å². The smallest absolute Gasteiger partial charge is 0.0105 e. The van der Waals surface area contributed by atoms with Crippen LogP contribution >= 0.6 is 11.8 Å². The van der Waals surface area contributed by atoms with E-state index in [1.165, 1.54) is 27.1 Å². The van der Waals surface area contributed by atoms with Gasteiger partial charge in [0.2, 0.25) is 0 Å². The third-order valence-corrected chi connectivity index (χ3v) is 3.79. The second-order valence-corrected chi connectivity index (χ2v) is 5.33.